The Hall–Kier alpha value is -3.70. The first kappa shape index (κ1) is 25.9. The van der Waals surface area contributed by atoms with Gasteiger partial charge in [0.25, 0.3) is 10.0 Å². The van der Waals surface area contributed by atoms with Crippen LogP contribution in [-0.2, 0) is 28.4 Å². The molecular formula is C27H29N5O4S2. The summed E-state index contributed by atoms with van der Waals surface area (Å²) < 4.78 is 33.5. The molecule has 2 aromatic carbocycles. The summed E-state index contributed by atoms with van der Waals surface area (Å²) in [5, 5.41) is 3.02. The molecule has 38 heavy (non-hydrogen) atoms. The Labute approximate surface area is 224 Å². The number of thiophene rings is 1. The number of sulfonamides is 1. The zero-order valence-electron chi connectivity index (χ0n) is 21.4. The minimum atomic E-state index is -4.11. The highest BCUT2D eigenvalue weighted by molar-refractivity contribution is 7.90. The third-order valence-electron chi connectivity index (χ3n) is 6.69. The van der Waals surface area contributed by atoms with Crippen molar-refractivity contribution in [3.63, 3.8) is 0 Å². The van der Waals surface area contributed by atoms with Crippen molar-refractivity contribution in [2.75, 3.05) is 0 Å². The van der Waals surface area contributed by atoms with Gasteiger partial charge in [-0.3, -0.25) is 13.9 Å². The quantitative estimate of drug-likeness (QED) is 0.293. The summed E-state index contributed by atoms with van der Waals surface area (Å²) in [7, 11) is -2.46. The highest BCUT2D eigenvalue weighted by atomic mass is 32.2. The number of amides is 1. The first-order valence-corrected chi connectivity index (χ1v) is 14.7. The predicted molar refractivity (Wildman–Crippen MR) is 149 cm³/mol. The Morgan fingerprint density at radius 2 is 1.89 bits per heavy atom. The summed E-state index contributed by atoms with van der Waals surface area (Å²) in [6.07, 6.45) is 3.77. The second-order valence-electron chi connectivity index (χ2n) is 9.49. The van der Waals surface area contributed by atoms with Gasteiger partial charge in [-0.1, -0.05) is 37.6 Å². The molecular weight excluding hydrogens is 522 g/mol. The van der Waals surface area contributed by atoms with Gasteiger partial charge in [-0.05, 0) is 48.1 Å². The zero-order valence-corrected chi connectivity index (χ0v) is 23.1. The van der Waals surface area contributed by atoms with Gasteiger partial charge in [0.1, 0.15) is 0 Å². The zero-order chi connectivity index (χ0) is 27.0. The molecule has 0 saturated carbocycles. The molecule has 1 unspecified atom stereocenters. The predicted octanol–water partition coefficient (Wildman–Crippen LogP) is 4.34. The molecule has 0 spiro atoms. The Balaban J connectivity index is 1.51. The number of aryl methyl sites for hydroxylation is 2. The fraction of sp³-hybridized carbons (Fsp3) is 0.296. The molecule has 1 N–H and O–H groups in total. The molecule has 198 valence electrons. The molecule has 0 aliphatic rings. The minimum Gasteiger partial charge on any atom is -0.339 e. The lowest BCUT2D eigenvalue weighted by atomic mass is 10.1. The van der Waals surface area contributed by atoms with Gasteiger partial charge < -0.3 is 4.57 Å². The van der Waals surface area contributed by atoms with Crippen molar-refractivity contribution in [1.29, 1.82) is 0 Å². The molecule has 1 amide bonds. The molecule has 5 aromatic rings. The van der Waals surface area contributed by atoms with E-state index in [1.54, 1.807) is 27.5 Å². The fourth-order valence-corrected chi connectivity index (χ4v) is 7.02. The third-order valence-corrected chi connectivity index (χ3v) is 8.95. The number of aromatic nitrogens is 4. The van der Waals surface area contributed by atoms with Crippen molar-refractivity contribution in [1.82, 2.24) is 23.4 Å². The van der Waals surface area contributed by atoms with E-state index < -0.39 is 22.0 Å². The number of hydrogen-bond acceptors (Lipinski definition) is 6. The molecule has 3 heterocycles. The van der Waals surface area contributed by atoms with E-state index >= 15 is 0 Å². The summed E-state index contributed by atoms with van der Waals surface area (Å²) in [5.41, 5.74) is 3.49. The summed E-state index contributed by atoms with van der Waals surface area (Å²) in [5.74, 6) is -0.683. The second-order valence-corrected chi connectivity index (χ2v) is 12.0. The monoisotopic (exact) mass is 551 g/mol. The van der Waals surface area contributed by atoms with Crippen LogP contribution in [0.4, 0.5) is 0 Å². The van der Waals surface area contributed by atoms with E-state index in [0.717, 1.165) is 22.0 Å². The molecule has 9 nitrogen and oxygen atoms in total. The van der Waals surface area contributed by atoms with Crippen LogP contribution in [0.25, 0.3) is 21.1 Å². The van der Waals surface area contributed by atoms with Gasteiger partial charge in [0.15, 0.2) is 5.03 Å². The molecule has 1 atom stereocenters. The van der Waals surface area contributed by atoms with Gasteiger partial charge in [0.05, 0.1) is 23.9 Å². The van der Waals surface area contributed by atoms with Crippen LogP contribution in [0.5, 0.6) is 0 Å². The topological polar surface area (TPSA) is 108 Å². The van der Waals surface area contributed by atoms with Gasteiger partial charge in [-0.2, -0.15) is 8.42 Å². The van der Waals surface area contributed by atoms with E-state index in [-0.39, 0.29) is 17.1 Å². The Morgan fingerprint density at radius 1 is 1.13 bits per heavy atom. The smallest absolute Gasteiger partial charge is 0.329 e. The number of fused-ring (bicyclic) bond motifs is 2. The number of benzene rings is 2. The summed E-state index contributed by atoms with van der Waals surface area (Å²) >= 11 is 1.65. The van der Waals surface area contributed by atoms with Crippen LogP contribution in [0.15, 0.2) is 70.2 Å². The van der Waals surface area contributed by atoms with Gasteiger partial charge in [-0.15, -0.1) is 11.3 Å². The molecule has 0 bridgehead atoms. The SMILES string of the molecule is CCCC(CC(=O)NS(=O)(=O)c1cn(C)cn1)n1c(=O)n(Cc2csc3cccc(C)c23)c2ccccc21. The lowest BCUT2D eigenvalue weighted by Crippen LogP contribution is -2.35. The lowest BCUT2D eigenvalue weighted by molar-refractivity contribution is -0.120. The maximum absolute atomic E-state index is 13.9. The van der Waals surface area contributed by atoms with Crippen molar-refractivity contribution >= 4 is 48.4 Å². The molecule has 0 aliphatic heterocycles. The number of nitrogens with zero attached hydrogens (tertiary/aromatic N) is 4. The first-order valence-electron chi connectivity index (χ1n) is 12.4. The van der Waals surface area contributed by atoms with Crippen LogP contribution in [0, 0.1) is 6.92 Å². The van der Waals surface area contributed by atoms with E-state index in [1.807, 2.05) is 37.3 Å². The number of para-hydroxylation sites is 2. The summed E-state index contributed by atoms with van der Waals surface area (Å²) in [4.78, 5) is 30.7. The Morgan fingerprint density at radius 3 is 2.61 bits per heavy atom. The molecule has 0 fully saturated rings. The van der Waals surface area contributed by atoms with Crippen LogP contribution >= 0.6 is 11.3 Å². The third kappa shape index (κ3) is 4.79. The van der Waals surface area contributed by atoms with E-state index in [2.05, 4.69) is 34.1 Å². The highest BCUT2D eigenvalue weighted by Crippen LogP contribution is 2.30. The number of imidazole rings is 2. The van der Waals surface area contributed by atoms with Crippen molar-refractivity contribution in [2.45, 2.75) is 50.7 Å². The first-order chi connectivity index (χ1) is 18.2. The molecule has 0 radical (unpaired) electrons. The van der Waals surface area contributed by atoms with Gasteiger partial charge in [0, 0.05) is 35.8 Å². The average Bonchev–Trinajstić information content (AvgIpc) is 3.56. The normalized spacial score (nSPS) is 12.8. The van der Waals surface area contributed by atoms with Crippen LogP contribution < -0.4 is 10.4 Å². The summed E-state index contributed by atoms with van der Waals surface area (Å²) in [6, 6.07) is 13.2. The molecule has 0 aliphatic carbocycles. The minimum absolute atomic E-state index is 0.158. The van der Waals surface area contributed by atoms with Gasteiger partial charge >= 0.3 is 5.69 Å². The van der Waals surface area contributed by atoms with E-state index in [9.17, 15) is 18.0 Å². The Bertz CT molecular complexity index is 1810. The number of carbonyl (C=O) groups excluding carboxylic acids is 1. The fourth-order valence-electron chi connectivity index (χ4n) is 5.01. The number of nitrogens with one attached hydrogen (secondary N) is 1. The summed E-state index contributed by atoms with van der Waals surface area (Å²) in [6.45, 7) is 4.44. The number of carbonyl (C=O) groups is 1. The van der Waals surface area contributed by atoms with Crippen molar-refractivity contribution < 1.29 is 13.2 Å². The lowest BCUT2D eigenvalue weighted by Gasteiger charge is -2.18. The highest BCUT2D eigenvalue weighted by Gasteiger charge is 2.26. The van der Waals surface area contributed by atoms with Crippen molar-refractivity contribution in [3.8, 4) is 0 Å². The van der Waals surface area contributed by atoms with E-state index in [4.69, 9.17) is 0 Å². The largest absolute Gasteiger partial charge is 0.339 e. The molecule has 0 saturated heterocycles. The van der Waals surface area contributed by atoms with Crippen LogP contribution in [0.2, 0.25) is 0 Å². The number of hydrogen-bond donors (Lipinski definition) is 1. The molecule has 5 rings (SSSR count). The van der Waals surface area contributed by atoms with Crippen molar-refractivity contribution in [2.24, 2.45) is 7.05 Å². The maximum atomic E-state index is 13.9. The second kappa shape index (κ2) is 10.2. The number of rotatable bonds is 9. The van der Waals surface area contributed by atoms with E-state index in [0.29, 0.717) is 24.9 Å². The van der Waals surface area contributed by atoms with Crippen molar-refractivity contribution in [3.05, 3.63) is 82.0 Å². The van der Waals surface area contributed by atoms with Crippen LogP contribution in [0.1, 0.15) is 43.4 Å². The molecule has 3 aromatic heterocycles. The maximum Gasteiger partial charge on any atom is 0.329 e. The van der Waals surface area contributed by atoms with Gasteiger partial charge in [-0.25, -0.2) is 14.5 Å². The molecule has 11 heteroatoms. The average molecular weight is 552 g/mol. The van der Waals surface area contributed by atoms with Crippen LogP contribution in [-0.4, -0.2) is 33.0 Å². The van der Waals surface area contributed by atoms with E-state index in [1.165, 1.54) is 21.8 Å². The van der Waals surface area contributed by atoms with Crippen LogP contribution in [0.3, 0.4) is 0 Å². The van der Waals surface area contributed by atoms with Gasteiger partial charge in [0.2, 0.25) is 5.91 Å². The standard InChI is InChI=1S/C27H29N5O4S2/c1-4-8-20(13-24(33)29-38(35,36)25-15-30(3)17-28-25)32-22-11-6-5-10-21(22)31(27(32)34)14-19-16-37-23-12-7-9-18(2)26(19)23/h5-7,9-12,15-17,20H,4,8,13-14H2,1-3H3,(H,29,33). The Kier molecular flexibility index (Phi) is 6.97.